The Morgan fingerprint density at radius 1 is 0.968 bits per heavy atom. The van der Waals surface area contributed by atoms with Crippen LogP contribution in [0.15, 0.2) is 67.1 Å². The smallest absolute Gasteiger partial charge is 0.148 e. The van der Waals surface area contributed by atoms with Crippen molar-refractivity contribution in [1.82, 2.24) is 40.0 Å². The molecule has 0 saturated heterocycles. The molecule has 0 aliphatic rings. The second kappa shape index (κ2) is 6.56. The van der Waals surface area contributed by atoms with Gasteiger partial charge in [-0.2, -0.15) is 10.2 Å². The Morgan fingerprint density at radius 2 is 1.90 bits per heavy atom. The van der Waals surface area contributed by atoms with Gasteiger partial charge in [0.25, 0.3) is 0 Å². The maximum absolute atomic E-state index is 14.5. The van der Waals surface area contributed by atoms with Gasteiger partial charge in [-0.3, -0.25) is 10.1 Å². The normalized spacial score (nSPS) is 11.5. The summed E-state index contributed by atoms with van der Waals surface area (Å²) in [5.41, 5.74) is 5.80. The van der Waals surface area contributed by atoms with Gasteiger partial charge in [-0.15, -0.1) is 5.10 Å². The minimum Gasteiger partial charge on any atom is -0.278 e. The van der Waals surface area contributed by atoms with E-state index in [4.69, 9.17) is 0 Å². The molecule has 6 rings (SSSR count). The lowest BCUT2D eigenvalue weighted by atomic mass is 10.2. The molecule has 4 heterocycles. The van der Waals surface area contributed by atoms with Gasteiger partial charge in [0.2, 0.25) is 0 Å². The van der Waals surface area contributed by atoms with Crippen molar-refractivity contribution >= 4 is 21.9 Å². The van der Waals surface area contributed by atoms with Gasteiger partial charge < -0.3 is 0 Å². The van der Waals surface area contributed by atoms with E-state index in [9.17, 15) is 4.39 Å². The van der Waals surface area contributed by atoms with E-state index in [0.717, 1.165) is 27.7 Å². The summed E-state index contributed by atoms with van der Waals surface area (Å²) in [5.74, 6) is -0.351. The van der Waals surface area contributed by atoms with Crippen LogP contribution in [-0.4, -0.2) is 40.0 Å². The van der Waals surface area contributed by atoms with Gasteiger partial charge in [-0.25, -0.2) is 13.8 Å². The highest BCUT2D eigenvalue weighted by Crippen LogP contribution is 2.26. The summed E-state index contributed by atoms with van der Waals surface area (Å²) in [6, 6.07) is 14.5. The Kier molecular flexibility index (Phi) is 3.69. The van der Waals surface area contributed by atoms with Gasteiger partial charge in [-0.1, -0.05) is 11.3 Å². The Morgan fingerprint density at radius 3 is 2.84 bits per heavy atom. The van der Waals surface area contributed by atoms with E-state index in [-0.39, 0.29) is 5.82 Å². The van der Waals surface area contributed by atoms with Crippen LogP contribution < -0.4 is 0 Å². The molecule has 150 valence electrons. The van der Waals surface area contributed by atoms with Gasteiger partial charge in [0.15, 0.2) is 0 Å². The maximum Gasteiger partial charge on any atom is 0.148 e. The van der Waals surface area contributed by atoms with Gasteiger partial charge in [0, 0.05) is 5.39 Å². The molecule has 0 saturated carbocycles. The monoisotopic (exact) mass is 410 g/mol. The van der Waals surface area contributed by atoms with E-state index in [1.807, 2.05) is 31.2 Å². The van der Waals surface area contributed by atoms with Crippen LogP contribution in [0.1, 0.15) is 5.56 Å². The van der Waals surface area contributed by atoms with E-state index in [0.29, 0.717) is 22.6 Å². The Balaban J connectivity index is 1.51. The van der Waals surface area contributed by atoms with Crippen LogP contribution >= 0.6 is 0 Å². The number of aromatic amines is 1. The molecule has 0 aliphatic carbocycles. The van der Waals surface area contributed by atoms with Gasteiger partial charge in [0.1, 0.15) is 17.0 Å². The van der Waals surface area contributed by atoms with Crippen molar-refractivity contribution in [2.45, 2.75) is 6.92 Å². The lowest BCUT2D eigenvalue weighted by Gasteiger charge is -2.09. The molecule has 9 heteroatoms. The Bertz CT molecular complexity index is 1580. The summed E-state index contributed by atoms with van der Waals surface area (Å²) in [6.07, 6.45) is 5.06. The molecule has 0 amide bonds. The fraction of sp³-hybridized carbons (Fsp3) is 0.0455. The minimum atomic E-state index is -0.351. The van der Waals surface area contributed by atoms with Crippen LogP contribution in [-0.2, 0) is 0 Å². The number of aryl methyl sites for hydroxylation is 1. The molecule has 6 aromatic rings. The average molecular weight is 410 g/mol. The van der Waals surface area contributed by atoms with Crippen molar-refractivity contribution in [2.24, 2.45) is 0 Å². The van der Waals surface area contributed by atoms with Crippen molar-refractivity contribution in [3.8, 4) is 22.8 Å². The highest BCUT2D eigenvalue weighted by molar-refractivity contribution is 5.83. The zero-order valence-corrected chi connectivity index (χ0v) is 16.4. The predicted molar refractivity (Wildman–Crippen MR) is 114 cm³/mol. The highest BCUT2D eigenvalue weighted by atomic mass is 19.1. The molecular formula is C22H15FN8. The van der Waals surface area contributed by atoms with E-state index >= 15 is 0 Å². The van der Waals surface area contributed by atoms with Crippen LogP contribution in [0.3, 0.4) is 0 Å². The molecule has 8 nitrogen and oxygen atoms in total. The lowest BCUT2D eigenvalue weighted by Crippen LogP contribution is -2.03. The first-order valence-electron chi connectivity index (χ1n) is 9.63. The largest absolute Gasteiger partial charge is 0.278 e. The van der Waals surface area contributed by atoms with Crippen LogP contribution in [0.25, 0.3) is 44.7 Å². The number of halogens is 1. The van der Waals surface area contributed by atoms with Crippen LogP contribution in [0.2, 0.25) is 0 Å². The Hall–Kier alpha value is -4.40. The SMILES string of the molecule is Cc1ccc(F)c(-n2nccc2-c2cc3c(cn2)nnn3-c2ccc3cn[nH]c3c2)c1. The number of rotatable bonds is 3. The first kappa shape index (κ1) is 17.5. The number of nitrogens with one attached hydrogen (secondary N) is 1. The number of aromatic nitrogens is 8. The number of nitrogens with zero attached hydrogens (tertiary/aromatic N) is 7. The molecule has 0 fully saturated rings. The summed E-state index contributed by atoms with van der Waals surface area (Å²) < 4.78 is 17.8. The third-order valence-corrected chi connectivity index (χ3v) is 5.24. The molecule has 1 N–H and O–H groups in total. The number of H-pyrrole nitrogens is 1. The van der Waals surface area contributed by atoms with Crippen molar-refractivity contribution in [1.29, 1.82) is 0 Å². The fourth-order valence-electron chi connectivity index (χ4n) is 3.69. The molecule has 31 heavy (non-hydrogen) atoms. The minimum absolute atomic E-state index is 0.351. The van der Waals surface area contributed by atoms with E-state index in [1.54, 1.807) is 46.2 Å². The molecule has 0 atom stereocenters. The average Bonchev–Trinajstić information content (AvgIpc) is 3.53. The summed E-state index contributed by atoms with van der Waals surface area (Å²) in [4.78, 5) is 4.52. The molecule has 0 spiro atoms. The third-order valence-electron chi connectivity index (χ3n) is 5.24. The predicted octanol–water partition coefficient (Wildman–Crippen LogP) is 3.99. The number of hydrogen-bond donors (Lipinski definition) is 1. The summed E-state index contributed by atoms with van der Waals surface area (Å²) in [5, 5.41) is 20.9. The van der Waals surface area contributed by atoms with Crippen molar-refractivity contribution in [3.05, 3.63) is 78.5 Å². The second-order valence-corrected chi connectivity index (χ2v) is 7.28. The molecule has 0 unspecified atom stereocenters. The lowest BCUT2D eigenvalue weighted by molar-refractivity contribution is 0.611. The number of fused-ring (bicyclic) bond motifs is 2. The van der Waals surface area contributed by atoms with Gasteiger partial charge >= 0.3 is 0 Å². The Labute approximate surface area is 175 Å². The first-order valence-corrected chi connectivity index (χ1v) is 9.63. The van der Waals surface area contributed by atoms with Gasteiger partial charge in [-0.05, 0) is 55.0 Å². The van der Waals surface area contributed by atoms with Crippen molar-refractivity contribution in [2.75, 3.05) is 0 Å². The zero-order valence-electron chi connectivity index (χ0n) is 16.4. The number of hydrogen-bond acceptors (Lipinski definition) is 5. The maximum atomic E-state index is 14.5. The molecular weight excluding hydrogens is 395 g/mol. The molecule has 2 aromatic carbocycles. The molecule has 0 radical (unpaired) electrons. The van der Waals surface area contributed by atoms with Gasteiger partial charge in [0.05, 0.1) is 46.7 Å². The zero-order chi connectivity index (χ0) is 20.9. The quantitative estimate of drug-likeness (QED) is 0.476. The molecule has 0 bridgehead atoms. The van der Waals surface area contributed by atoms with E-state index < -0.39 is 0 Å². The van der Waals surface area contributed by atoms with Crippen LogP contribution in [0.5, 0.6) is 0 Å². The number of benzene rings is 2. The van der Waals surface area contributed by atoms with Crippen molar-refractivity contribution in [3.63, 3.8) is 0 Å². The fourth-order valence-corrected chi connectivity index (χ4v) is 3.69. The third kappa shape index (κ3) is 2.78. The van der Waals surface area contributed by atoms with Crippen LogP contribution in [0, 0.1) is 12.7 Å². The molecule has 0 aliphatic heterocycles. The second-order valence-electron chi connectivity index (χ2n) is 7.28. The van der Waals surface area contributed by atoms with Crippen LogP contribution in [0.4, 0.5) is 4.39 Å². The van der Waals surface area contributed by atoms with Crippen molar-refractivity contribution < 1.29 is 4.39 Å². The van der Waals surface area contributed by atoms with E-state index in [1.165, 1.54) is 6.07 Å². The highest BCUT2D eigenvalue weighted by Gasteiger charge is 2.15. The number of pyridine rings is 1. The summed E-state index contributed by atoms with van der Waals surface area (Å²) in [6.45, 7) is 1.91. The topological polar surface area (TPSA) is 90.1 Å². The standard InChI is InChI=1S/C22H15FN8/c1-13-2-5-16(23)21(8-13)31-20(6-7-26-31)18-10-22-19(12-24-18)28-29-30(22)15-4-3-14-11-25-27-17(14)9-15/h2-12H,1H3,(H,25,27). The summed E-state index contributed by atoms with van der Waals surface area (Å²) in [7, 11) is 0. The molecule has 4 aromatic heterocycles. The first-order chi connectivity index (χ1) is 15.2. The summed E-state index contributed by atoms with van der Waals surface area (Å²) >= 11 is 0. The van der Waals surface area contributed by atoms with E-state index in [2.05, 4.69) is 30.6 Å².